The molecule has 5 nitrogen and oxygen atoms in total. The van der Waals surface area contributed by atoms with Gasteiger partial charge in [0.05, 0.1) is 6.07 Å². The summed E-state index contributed by atoms with van der Waals surface area (Å²) in [4.78, 5) is 15.5. The number of benzene rings is 2. The first-order valence-corrected chi connectivity index (χ1v) is 12.0. The molecule has 4 rings (SSSR count). The number of fused-ring (bicyclic) bond motifs is 1. The van der Waals surface area contributed by atoms with Crippen LogP contribution in [0.1, 0.15) is 37.3 Å². The topological polar surface area (TPSA) is 68.2 Å². The number of carbonyl (C=O) groups is 1. The predicted molar refractivity (Wildman–Crippen MR) is 131 cm³/mol. The molecular formula is C28H30F2N4O. The Morgan fingerprint density at radius 1 is 1.14 bits per heavy atom. The van der Waals surface area contributed by atoms with Crippen molar-refractivity contribution >= 4 is 5.91 Å². The quantitative estimate of drug-likeness (QED) is 0.650. The Kier molecular flexibility index (Phi) is 7.94. The van der Waals surface area contributed by atoms with Crippen LogP contribution in [0.25, 0.3) is 0 Å². The van der Waals surface area contributed by atoms with Gasteiger partial charge in [-0.3, -0.25) is 4.79 Å². The Labute approximate surface area is 205 Å². The highest BCUT2D eigenvalue weighted by Gasteiger charge is 2.37. The first-order chi connectivity index (χ1) is 17.0. The highest BCUT2D eigenvalue weighted by molar-refractivity contribution is 5.95. The van der Waals surface area contributed by atoms with E-state index in [1.54, 1.807) is 6.92 Å². The zero-order valence-electron chi connectivity index (χ0n) is 19.9. The summed E-state index contributed by atoms with van der Waals surface area (Å²) in [6.07, 6.45) is 4.84. The first-order valence-electron chi connectivity index (χ1n) is 12.0. The third-order valence-corrected chi connectivity index (χ3v) is 6.82. The van der Waals surface area contributed by atoms with E-state index in [0.717, 1.165) is 30.9 Å². The molecule has 2 aliphatic heterocycles. The minimum atomic E-state index is -0.610. The van der Waals surface area contributed by atoms with E-state index < -0.39 is 11.6 Å². The summed E-state index contributed by atoms with van der Waals surface area (Å²) in [5.41, 5.74) is 3.37. The van der Waals surface area contributed by atoms with Crippen LogP contribution in [-0.2, 0) is 17.8 Å². The summed E-state index contributed by atoms with van der Waals surface area (Å²) >= 11 is 0. The number of halogens is 2. The van der Waals surface area contributed by atoms with E-state index in [0.29, 0.717) is 36.2 Å². The second-order valence-electron chi connectivity index (χ2n) is 9.23. The molecule has 182 valence electrons. The summed E-state index contributed by atoms with van der Waals surface area (Å²) in [7, 11) is 0. The van der Waals surface area contributed by atoms with Crippen LogP contribution in [-0.4, -0.2) is 36.0 Å². The number of allylic oxidation sites excluding steroid dienone is 1. The van der Waals surface area contributed by atoms with Gasteiger partial charge in [-0.2, -0.15) is 5.26 Å². The first kappa shape index (κ1) is 24.6. The van der Waals surface area contributed by atoms with Gasteiger partial charge in [0, 0.05) is 60.9 Å². The van der Waals surface area contributed by atoms with Gasteiger partial charge in [0.15, 0.2) is 0 Å². The lowest BCUT2D eigenvalue weighted by Crippen LogP contribution is -2.46. The number of carbonyl (C=O) groups excluding carboxylic acids is 1. The van der Waals surface area contributed by atoms with Crippen LogP contribution in [0.4, 0.5) is 8.78 Å². The van der Waals surface area contributed by atoms with Crippen molar-refractivity contribution in [3.63, 3.8) is 0 Å². The maximum absolute atomic E-state index is 13.9. The van der Waals surface area contributed by atoms with Crippen LogP contribution in [0.2, 0.25) is 0 Å². The minimum absolute atomic E-state index is 0.0444. The van der Waals surface area contributed by atoms with Crippen molar-refractivity contribution < 1.29 is 13.6 Å². The Morgan fingerprint density at radius 3 is 2.69 bits per heavy atom. The summed E-state index contributed by atoms with van der Waals surface area (Å²) in [5, 5.41) is 16.4. The molecule has 2 heterocycles. The molecular weight excluding hydrogens is 446 g/mol. The fourth-order valence-corrected chi connectivity index (χ4v) is 4.91. The van der Waals surface area contributed by atoms with Gasteiger partial charge in [-0.1, -0.05) is 36.4 Å². The smallest absolute Gasteiger partial charge is 0.251 e. The van der Waals surface area contributed by atoms with E-state index >= 15 is 0 Å². The zero-order chi connectivity index (χ0) is 24.8. The zero-order valence-corrected chi connectivity index (χ0v) is 19.9. The molecule has 1 saturated heterocycles. The second kappa shape index (κ2) is 11.3. The number of rotatable bonds is 6. The van der Waals surface area contributed by atoms with Crippen molar-refractivity contribution in [3.05, 3.63) is 94.2 Å². The molecule has 2 atom stereocenters. The van der Waals surface area contributed by atoms with Crippen LogP contribution in [0, 0.1) is 23.0 Å². The molecule has 0 aliphatic carbocycles. The number of nitriles is 1. The summed E-state index contributed by atoms with van der Waals surface area (Å²) in [5.74, 6) is -1.28. The summed E-state index contributed by atoms with van der Waals surface area (Å²) < 4.78 is 27.1. The van der Waals surface area contributed by atoms with E-state index in [9.17, 15) is 18.8 Å². The predicted octanol–water partition coefficient (Wildman–Crippen LogP) is 4.37. The molecule has 2 aromatic rings. The molecule has 1 fully saturated rings. The largest absolute Gasteiger partial charge is 0.389 e. The number of amides is 1. The molecule has 2 aliphatic rings. The van der Waals surface area contributed by atoms with Crippen molar-refractivity contribution in [3.8, 4) is 6.07 Å². The summed E-state index contributed by atoms with van der Waals surface area (Å²) in [6.45, 7) is 3.00. The van der Waals surface area contributed by atoms with Gasteiger partial charge in [0.25, 0.3) is 5.91 Å². The molecule has 0 bridgehead atoms. The third-order valence-electron chi connectivity index (χ3n) is 6.82. The molecule has 0 radical (unpaired) electrons. The van der Waals surface area contributed by atoms with Gasteiger partial charge in [-0.25, -0.2) is 8.78 Å². The molecule has 0 saturated carbocycles. The fraction of sp³-hybridized carbons (Fsp3) is 0.357. The van der Waals surface area contributed by atoms with Gasteiger partial charge >= 0.3 is 0 Å². The molecule has 1 amide bonds. The van der Waals surface area contributed by atoms with Gasteiger partial charge in [0.2, 0.25) is 0 Å². The van der Waals surface area contributed by atoms with E-state index in [1.165, 1.54) is 17.7 Å². The van der Waals surface area contributed by atoms with Gasteiger partial charge in [-0.05, 0) is 49.6 Å². The molecule has 7 heteroatoms. The number of hydrogen-bond acceptors (Lipinski definition) is 4. The molecule has 2 N–H and O–H groups in total. The van der Waals surface area contributed by atoms with Crippen LogP contribution >= 0.6 is 0 Å². The highest BCUT2D eigenvalue weighted by Crippen LogP contribution is 2.30. The molecule has 0 spiro atoms. The van der Waals surface area contributed by atoms with Crippen LogP contribution < -0.4 is 10.6 Å². The molecule has 2 unspecified atom stereocenters. The lowest BCUT2D eigenvalue weighted by molar-refractivity contribution is -0.129. The maximum atomic E-state index is 13.9. The summed E-state index contributed by atoms with van der Waals surface area (Å²) in [6, 6.07) is 16.1. The van der Waals surface area contributed by atoms with E-state index in [-0.39, 0.29) is 24.5 Å². The number of nitrogens with one attached hydrogen (secondary N) is 2. The van der Waals surface area contributed by atoms with Crippen molar-refractivity contribution in [2.24, 2.45) is 0 Å². The highest BCUT2D eigenvalue weighted by atomic mass is 19.1. The lowest BCUT2D eigenvalue weighted by Gasteiger charge is -2.32. The fourth-order valence-electron chi connectivity index (χ4n) is 4.91. The number of hydrogen-bond donors (Lipinski definition) is 2. The average Bonchev–Trinajstić information content (AvgIpc) is 3.24. The average molecular weight is 477 g/mol. The SMILES string of the molecule is C/C1=C(/C#N)C/C(CNCc2ccc(F)cc2F)=C\NCC2CCC(Cc3ccccc3)N2C1=O. The van der Waals surface area contributed by atoms with Crippen LogP contribution in [0.3, 0.4) is 0 Å². The van der Waals surface area contributed by atoms with Crippen molar-refractivity contribution in [2.45, 2.75) is 51.2 Å². The van der Waals surface area contributed by atoms with Crippen molar-refractivity contribution in [2.75, 3.05) is 13.1 Å². The Hall–Kier alpha value is -3.50. The molecule has 35 heavy (non-hydrogen) atoms. The lowest BCUT2D eigenvalue weighted by atomic mass is 9.99. The van der Waals surface area contributed by atoms with Gasteiger partial charge < -0.3 is 15.5 Å². The number of nitrogens with zero attached hydrogens (tertiary/aromatic N) is 2. The van der Waals surface area contributed by atoms with Gasteiger partial charge in [0.1, 0.15) is 11.6 Å². The normalized spacial score (nSPS) is 24.2. The second-order valence-corrected chi connectivity index (χ2v) is 9.23. The Bertz CT molecular complexity index is 1170. The maximum Gasteiger partial charge on any atom is 0.251 e. The minimum Gasteiger partial charge on any atom is -0.389 e. The van der Waals surface area contributed by atoms with E-state index in [1.807, 2.05) is 29.3 Å². The van der Waals surface area contributed by atoms with Gasteiger partial charge in [-0.15, -0.1) is 0 Å². The Balaban J connectivity index is 1.48. The van der Waals surface area contributed by atoms with E-state index in [2.05, 4.69) is 28.8 Å². The Morgan fingerprint density at radius 2 is 1.94 bits per heavy atom. The van der Waals surface area contributed by atoms with Crippen LogP contribution in [0.5, 0.6) is 0 Å². The molecule has 2 aromatic carbocycles. The molecule has 0 aromatic heterocycles. The monoisotopic (exact) mass is 476 g/mol. The van der Waals surface area contributed by atoms with Crippen molar-refractivity contribution in [1.82, 2.24) is 15.5 Å². The van der Waals surface area contributed by atoms with E-state index in [4.69, 9.17) is 0 Å². The third kappa shape index (κ3) is 5.95. The van der Waals surface area contributed by atoms with Crippen LogP contribution in [0.15, 0.2) is 71.5 Å². The van der Waals surface area contributed by atoms with Crippen molar-refractivity contribution in [1.29, 1.82) is 5.26 Å². The standard InChI is InChI=1S/C28H30F2N4O/c1-19-23(14-31)11-21(15-32-17-22-7-8-24(29)13-27(22)30)16-33-18-26-10-9-25(34(26)28(19)35)12-20-5-3-2-4-6-20/h2-8,13,16,25-26,32-33H,9-12,15,17-18H2,1H3/b21-16+,23-19-.